The van der Waals surface area contributed by atoms with E-state index in [9.17, 15) is 4.79 Å². The molecule has 2 rings (SSSR count). The fraction of sp³-hybridized carbons (Fsp3) is 0.458. The predicted molar refractivity (Wildman–Crippen MR) is 114 cm³/mol. The first kappa shape index (κ1) is 21.8. The van der Waals surface area contributed by atoms with Gasteiger partial charge >= 0.3 is 0 Å². The van der Waals surface area contributed by atoms with Gasteiger partial charge in [0.05, 0.1) is 14.2 Å². The first-order valence-corrected chi connectivity index (χ1v) is 9.85. The van der Waals surface area contributed by atoms with Crippen molar-refractivity contribution in [3.8, 4) is 11.5 Å². The van der Waals surface area contributed by atoms with Gasteiger partial charge in [0, 0.05) is 18.4 Å². The number of carbonyl (C=O) groups excluding carboxylic acids is 1. The van der Waals surface area contributed by atoms with Gasteiger partial charge in [0.1, 0.15) is 0 Å². The van der Waals surface area contributed by atoms with Crippen molar-refractivity contribution < 1.29 is 14.3 Å². The van der Waals surface area contributed by atoms with Gasteiger partial charge in [-0.2, -0.15) is 0 Å². The van der Waals surface area contributed by atoms with Crippen molar-refractivity contribution in [3.63, 3.8) is 0 Å². The third kappa shape index (κ3) is 5.75. The van der Waals surface area contributed by atoms with Gasteiger partial charge in [-0.15, -0.1) is 0 Å². The molecule has 2 aromatic carbocycles. The maximum Gasteiger partial charge on any atom is 0.220 e. The van der Waals surface area contributed by atoms with Crippen LogP contribution in [0.3, 0.4) is 0 Å². The fourth-order valence-electron chi connectivity index (χ4n) is 3.09. The van der Waals surface area contributed by atoms with Gasteiger partial charge in [-0.25, -0.2) is 0 Å². The molecule has 4 nitrogen and oxygen atoms in total. The summed E-state index contributed by atoms with van der Waals surface area (Å²) in [5.74, 6) is 2.00. The van der Waals surface area contributed by atoms with E-state index in [1.807, 2.05) is 18.2 Å². The molecule has 0 aliphatic rings. The maximum absolute atomic E-state index is 12.3. The minimum absolute atomic E-state index is 0.0708. The summed E-state index contributed by atoms with van der Waals surface area (Å²) in [7, 11) is 3.25. The van der Waals surface area contributed by atoms with Crippen LogP contribution in [0.5, 0.6) is 11.5 Å². The first-order chi connectivity index (χ1) is 13.3. The Balaban J connectivity index is 1.90. The van der Waals surface area contributed by atoms with E-state index in [0.29, 0.717) is 30.4 Å². The average Bonchev–Trinajstić information content (AvgIpc) is 2.70. The highest BCUT2D eigenvalue weighted by Gasteiger charge is 2.23. The molecule has 0 fully saturated rings. The lowest BCUT2D eigenvalue weighted by Crippen LogP contribution is -2.36. The van der Waals surface area contributed by atoms with Crippen LogP contribution in [-0.4, -0.2) is 26.7 Å². The Bertz CT molecular complexity index is 779. The van der Waals surface area contributed by atoms with E-state index in [0.717, 1.165) is 12.0 Å². The topological polar surface area (TPSA) is 47.6 Å². The summed E-state index contributed by atoms with van der Waals surface area (Å²) in [4.78, 5) is 12.3. The number of nitrogens with one attached hydrogen (secondary N) is 1. The second kappa shape index (κ2) is 9.63. The summed E-state index contributed by atoms with van der Waals surface area (Å²) in [6, 6.07) is 14.4. The molecule has 0 bridgehead atoms. The monoisotopic (exact) mass is 383 g/mol. The van der Waals surface area contributed by atoms with E-state index in [-0.39, 0.29) is 11.3 Å². The highest BCUT2D eigenvalue weighted by molar-refractivity contribution is 5.76. The van der Waals surface area contributed by atoms with Crippen molar-refractivity contribution >= 4 is 5.91 Å². The van der Waals surface area contributed by atoms with Crippen LogP contribution in [0, 0.1) is 0 Å². The molecule has 4 heteroatoms. The Labute approximate surface area is 169 Å². The van der Waals surface area contributed by atoms with Crippen molar-refractivity contribution in [2.45, 2.75) is 51.9 Å². The molecule has 0 unspecified atom stereocenters. The number of methoxy groups -OCH3 is 2. The molecule has 0 atom stereocenters. The lowest BCUT2D eigenvalue weighted by Gasteiger charge is -2.26. The van der Waals surface area contributed by atoms with E-state index in [2.05, 4.69) is 57.3 Å². The van der Waals surface area contributed by atoms with Gasteiger partial charge in [0.15, 0.2) is 11.5 Å². The summed E-state index contributed by atoms with van der Waals surface area (Å²) < 4.78 is 10.7. The number of aryl methyl sites for hydroxylation is 1. The lowest BCUT2D eigenvalue weighted by molar-refractivity contribution is -0.121. The van der Waals surface area contributed by atoms with Crippen LogP contribution in [0.15, 0.2) is 42.5 Å². The smallest absolute Gasteiger partial charge is 0.220 e. The molecule has 0 saturated heterocycles. The zero-order valence-corrected chi connectivity index (χ0v) is 18.0. The minimum atomic E-state index is -0.214. The Hall–Kier alpha value is -2.49. The van der Waals surface area contributed by atoms with E-state index in [1.54, 1.807) is 14.2 Å². The van der Waals surface area contributed by atoms with Crippen LogP contribution < -0.4 is 14.8 Å². The first-order valence-electron chi connectivity index (χ1n) is 9.85. The van der Waals surface area contributed by atoms with E-state index < -0.39 is 0 Å². The second-order valence-corrected chi connectivity index (χ2v) is 8.13. The summed E-state index contributed by atoms with van der Waals surface area (Å²) in [6.07, 6.45) is 1.24. The van der Waals surface area contributed by atoms with Gasteiger partial charge in [0.2, 0.25) is 5.91 Å². The van der Waals surface area contributed by atoms with Crippen molar-refractivity contribution in [1.29, 1.82) is 0 Å². The standard InChI is InChI=1S/C24H33NO3/c1-17(2)19-10-7-18(8-11-19)9-14-23(26)25-16-24(3,4)20-12-13-21(27-5)22(15-20)28-6/h7-8,10-13,15,17H,9,14,16H2,1-6H3,(H,25,26). The molecular formula is C24H33NO3. The SMILES string of the molecule is COc1ccc(C(C)(C)CNC(=O)CCc2ccc(C(C)C)cc2)cc1OC. The molecule has 28 heavy (non-hydrogen) atoms. The Kier molecular flexibility index (Phi) is 7.50. The van der Waals surface area contributed by atoms with Crippen LogP contribution in [0.25, 0.3) is 0 Å². The number of hydrogen-bond donors (Lipinski definition) is 1. The molecule has 0 aromatic heterocycles. The van der Waals surface area contributed by atoms with Crippen molar-refractivity contribution in [2.75, 3.05) is 20.8 Å². The van der Waals surface area contributed by atoms with E-state index in [4.69, 9.17) is 9.47 Å². The van der Waals surface area contributed by atoms with Crippen LogP contribution in [0.4, 0.5) is 0 Å². The third-order valence-corrected chi connectivity index (χ3v) is 5.18. The van der Waals surface area contributed by atoms with Crippen LogP contribution in [0.2, 0.25) is 0 Å². The zero-order valence-electron chi connectivity index (χ0n) is 18.0. The van der Waals surface area contributed by atoms with Gasteiger partial charge in [-0.05, 0) is 41.2 Å². The summed E-state index contributed by atoms with van der Waals surface area (Å²) in [5, 5.41) is 3.08. The highest BCUT2D eigenvalue weighted by Crippen LogP contribution is 2.32. The van der Waals surface area contributed by atoms with Crippen LogP contribution >= 0.6 is 0 Å². The van der Waals surface area contributed by atoms with Crippen LogP contribution in [-0.2, 0) is 16.6 Å². The molecule has 0 heterocycles. The normalized spacial score (nSPS) is 11.4. The summed E-state index contributed by atoms with van der Waals surface area (Å²) >= 11 is 0. The molecular weight excluding hydrogens is 350 g/mol. The average molecular weight is 384 g/mol. The van der Waals surface area contributed by atoms with Crippen molar-refractivity contribution in [2.24, 2.45) is 0 Å². The van der Waals surface area contributed by atoms with Crippen molar-refractivity contribution in [1.82, 2.24) is 5.32 Å². The van der Waals surface area contributed by atoms with Gasteiger partial charge in [0.25, 0.3) is 0 Å². The van der Waals surface area contributed by atoms with Gasteiger partial charge in [-0.3, -0.25) is 4.79 Å². The predicted octanol–water partition coefficient (Wildman–Crippen LogP) is 4.85. The van der Waals surface area contributed by atoms with Crippen molar-refractivity contribution in [3.05, 3.63) is 59.2 Å². The molecule has 0 radical (unpaired) electrons. The van der Waals surface area contributed by atoms with Crippen LogP contribution in [0.1, 0.15) is 56.7 Å². The second-order valence-electron chi connectivity index (χ2n) is 8.13. The maximum atomic E-state index is 12.3. The molecule has 0 saturated carbocycles. The molecule has 1 N–H and O–H groups in total. The molecule has 0 aliphatic heterocycles. The minimum Gasteiger partial charge on any atom is -0.493 e. The molecule has 1 amide bonds. The highest BCUT2D eigenvalue weighted by atomic mass is 16.5. The number of amides is 1. The zero-order chi connectivity index (χ0) is 20.7. The third-order valence-electron chi connectivity index (χ3n) is 5.18. The number of carbonyl (C=O) groups is 1. The molecule has 152 valence electrons. The molecule has 2 aromatic rings. The number of rotatable bonds is 9. The molecule has 0 spiro atoms. The largest absolute Gasteiger partial charge is 0.493 e. The van der Waals surface area contributed by atoms with Gasteiger partial charge in [-0.1, -0.05) is 58.0 Å². The Morgan fingerprint density at radius 2 is 1.64 bits per heavy atom. The molecule has 0 aliphatic carbocycles. The van der Waals surface area contributed by atoms with Gasteiger partial charge < -0.3 is 14.8 Å². The summed E-state index contributed by atoms with van der Waals surface area (Å²) in [6.45, 7) is 9.15. The lowest BCUT2D eigenvalue weighted by atomic mass is 9.84. The summed E-state index contributed by atoms with van der Waals surface area (Å²) in [5.41, 5.74) is 3.40. The van der Waals surface area contributed by atoms with E-state index in [1.165, 1.54) is 11.1 Å². The number of hydrogen-bond acceptors (Lipinski definition) is 3. The van der Waals surface area contributed by atoms with E-state index >= 15 is 0 Å². The Morgan fingerprint density at radius 1 is 1.00 bits per heavy atom. The number of ether oxygens (including phenoxy) is 2. The number of benzene rings is 2. The quantitative estimate of drug-likeness (QED) is 0.673. The fourth-order valence-corrected chi connectivity index (χ4v) is 3.09. The Morgan fingerprint density at radius 3 is 2.21 bits per heavy atom.